The summed E-state index contributed by atoms with van der Waals surface area (Å²) in [6, 6.07) is 1.68. The molecular weight excluding hydrogens is 244 g/mol. The molecular formula is C18H36N2. The van der Waals surface area contributed by atoms with Crippen molar-refractivity contribution >= 4 is 0 Å². The van der Waals surface area contributed by atoms with E-state index in [1.165, 1.54) is 32.2 Å². The summed E-state index contributed by atoms with van der Waals surface area (Å²) < 4.78 is 0. The summed E-state index contributed by atoms with van der Waals surface area (Å²) in [4.78, 5) is 2.77. The smallest absolute Gasteiger partial charge is 0.0253 e. The van der Waals surface area contributed by atoms with Crippen molar-refractivity contribution in [1.29, 1.82) is 0 Å². The van der Waals surface area contributed by atoms with Gasteiger partial charge in [0.15, 0.2) is 0 Å². The first-order valence-corrected chi connectivity index (χ1v) is 8.71. The van der Waals surface area contributed by atoms with Gasteiger partial charge < -0.3 is 5.73 Å². The van der Waals surface area contributed by atoms with Gasteiger partial charge in [-0.25, -0.2) is 0 Å². The van der Waals surface area contributed by atoms with Crippen molar-refractivity contribution in [2.24, 2.45) is 28.9 Å². The third-order valence-electron chi connectivity index (χ3n) is 6.16. The quantitative estimate of drug-likeness (QED) is 0.789. The van der Waals surface area contributed by atoms with E-state index in [-0.39, 0.29) is 0 Å². The van der Waals surface area contributed by atoms with Crippen LogP contribution in [0, 0.1) is 23.2 Å². The van der Waals surface area contributed by atoms with Gasteiger partial charge in [-0.1, -0.05) is 34.6 Å². The van der Waals surface area contributed by atoms with Gasteiger partial charge in [0, 0.05) is 24.7 Å². The van der Waals surface area contributed by atoms with E-state index in [1.807, 2.05) is 0 Å². The summed E-state index contributed by atoms with van der Waals surface area (Å²) in [7, 11) is 0. The van der Waals surface area contributed by atoms with Crippen LogP contribution >= 0.6 is 0 Å². The highest BCUT2D eigenvalue weighted by atomic mass is 15.2. The molecule has 2 N–H and O–H groups in total. The Morgan fingerprint density at radius 1 is 1.00 bits per heavy atom. The maximum Gasteiger partial charge on any atom is 0.0253 e. The van der Waals surface area contributed by atoms with Gasteiger partial charge in [-0.15, -0.1) is 0 Å². The average molecular weight is 280 g/mol. The molecule has 0 aromatic carbocycles. The van der Waals surface area contributed by atoms with Crippen molar-refractivity contribution < 1.29 is 0 Å². The molecule has 1 aliphatic heterocycles. The van der Waals surface area contributed by atoms with E-state index in [9.17, 15) is 0 Å². The third-order valence-corrected chi connectivity index (χ3v) is 6.16. The molecule has 2 rings (SSSR count). The monoisotopic (exact) mass is 280 g/mol. The third kappa shape index (κ3) is 3.39. The van der Waals surface area contributed by atoms with E-state index in [0.29, 0.717) is 23.5 Å². The van der Waals surface area contributed by atoms with Crippen LogP contribution in [0.25, 0.3) is 0 Å². The highest BCUT2D eigenvalue weighted by molar-refractivity contribution is 4.96. The van der Waals surface area contributed by atoms with Crippen LogP contribution in [0.1, 0.15) is 67.2 Å². The molecule has 0 radical (unpaired) electrons. The van der Waals surface area contributed by atoms with Gasteiger partial charge >= 0.3 is 0 Å². The molecule has 6 atom stereocenters. The molecule has 118 valence electrons. The Kier molecular flexibility index (Phi) is 4.86. The fraction of sp³-hybridized carbons (Fsp3) is 1.00. The molecule has 20 heavy (non-hydrogen) atoms. The van der Waals surface area contributed by atoms with E-state index >= 15 is 0 Å². The zero-order valence-electron chi connectivity index (χ0n) is 14.5. The van der Waals surface area contributed by atoms with Crippen molar-refractivity contribution in [2.75, 3.05) is 6.54 Å². The lowest BCUT2D eigenvalue weighted by molar-refractivity contribution is -0.00598. The Balaban J connectivity index is 2.12. The minimum Gasteiger partial charge on any atom is -0.326 e. The molecule has 1 heterocycles. The summed E-state index contributed by atoms with van der Waals surface area (Å²) in [6.45, 7) is 15.7. The zero-order chi connectivity index (χ0) is 15.1. The van der Waals surface area contributed by atoms with Crippen molar-refractivity contribution in [2.45, 2.75) is 85.4 Å². The van der Waals surface area contributed by atoms with E-state index in [1.54, 1.807) is 0 Å². The normalized spacial score (nSPS) is 44.5. The maximum atomic E-state index is 6.53. The minimum absolute atomic E-state index is 0.383. The summed E-state index contributed by atoms with van der Waals surface area (Å²) in [5.41, 5.74) is 6.95. The van der Waals surface area contributed by atoms with E-state index in [0.717, 1.165) is 17.8 Å². The second-order valence-corrected chi connectivity index (χ2v) is 8.86. The lowest BCUT2D eigenvalue weighted by atomic mass is 9.68. The van der Waals surface area contributed by atoms with Gasteiger partial charge in [0.05, 0.1) is 0 Å². The fourth-order valence-electron chi connectivity index (χ4n) is 4.53. The lowest BCUT2D eigenvalue weighted by Crippen LogP contribution is -2.59. The van der Waals surface area contributed by atoms with Crippen LogP contribution in [-0.4, -0.2) is 29.6 Å². The Labute approximate surface area is 126 Å². The van der Waals surface area contributed by atoms with Gasteiger partial charge in [0.1, 0.15) is 0 Å². The number of hydrogen-bond acceptors (Lipinski definition) is 2. The molecule has 1 aliphatic carbocycles. The molecule has 2 aliphatic rings. The molecule has 0 amide bonds. The number of nitrogens with two attached hydrogens (primary N) is 1. The van der Waals surface area contributed by atoms with E-state index in [2.05, 4.69) is 46.4 Å². The van der Waals surface area contributed by atoms with Gasteiger partial charge in [-0.3, -0.25) is 4.90 Å². The molecule has 1 saturated carbocycles. The van der Waals surface area contributed by atoms with Crippen LogP contribution in [0.2, 0.25) is 0 Å². The van der Waals surface area contributed by atoms with E-state index < -0.39 is 0 Å². The molecule has 2 heteroatoms. The largest absolute Gasteiger partial charge is 0.326 e. The first-order valence-electron chi connectivity index (χ1n) is 8.71. The highest BCUT2D eigenvalue weighted by Crippen LogP contribution is 2.41. The van der Waals surface area contributed by atoms with Gasteiger partial charge in [-0.05, 0) is 55.8 Å². The molecule has 0 aromatic heterocycles. The topological polar surface area (TPSA) is 29.3 Å². The molecule has 2 nitrogen and oxygen atoms in total. The predicted octanol–water partition coefficient (Wildman–Crippen LogP) is 3.89. The van der Waals surface area contributed by atoms with Crippen LogP contribution in [0.5, 0.6) is 0 Å². The van der Waals surface area contributed by atoms with Gasteiger partial charge in [0.25, 0.3) is 0 Å². The van der Waals surface area contributed by atoms with Crippen LogP contribution in [-0.2, 0) is 0 Å². The second kappa shape index (κ2) is 5.96. The summed E-state index contributed by atoms with van der Waals surface area (Å²) in [5.74, 6) is 2.46. The number of rotatable bonds is 1. The Bertz CT molecular complexity index is 320. The number of likely N-dealkylation sites (tertiary alicyclic amines) is 1. The van der Waals surface area contributed by atoms with E-state index in [4.69, 9.17) is 5.73 Å². The number of hydrogen-bond donors (Lipinski definition) is 1. The predicted molar refractivity (Wildman–Crippen MR) is 87.7 cm³/mol. The van der Waals surface area contributed by atoms with Crippen molar-refractivity contribution in [3.63, 3.8) is 0 Å². The van der Waals surface area contributed by atoms with Gasteiger partial charge in [0.2, 0.25) is 0 Å². The Morgan fingerprint density at radius 3 is 2.25 bits per heavy atom. The minimum atomic E-state index is 0.383. The lowest BCUT2D eigenvalue weighted by Gasteiger charge is -2.51. The number of piperidine rings is 1. The summed E-state index contributed by atoms with van der Waals surface area (Å²) in [6.07, 6.45) is 5.20. The average Bonchev–Trinajstić information content (AvgIpc) is 2.33. The molecule has 0 spiro atoms. The highest BCUT2D eigenvalue weighted by Gasteiger charge is 2.41. The first kappa shape index (κ1) is 16.3. The van der Waals surface area contributed by atoms with Crippen LogP contribution in [0.3, 0.4) is 0 Å². The van der Waals surface area contributed by atoms with Crippen molar-refractivity contribution in [3.05, 3.63) is 0 Å². The molecule has 6 unspecified atom stereocenters. The second-order valence-electron chi connectivity index (χ2n) is 8.86. The van der Waals surface area contributed by atoms with Crippen LogP contribution in [0.15, 0.2) is 0 Å². The summed E-state index contributed by atoms with van der Waals surface area (Å²) in [5, 5.41) is 0. The SMILES string of the molecule is CC1CC(C)C(C)N(C2CC(C(C)(C)C)CCC2N)C1. The molecule has 1 saturated heterocycles. The van der Waals surface area contributed by atoms with Gasteiger partial charge in [-0.2, -0.15) is 0 Å². The number of nitrogens with zero attached hydrogens (tertiary/aromatic N) is 1. The Hall–Kier alpha value is -0.0800. The Morgan fingerprint density at radius 2 is 1.65 bits per heavy atom. The standard InChI is InChI=1S/C18H36N2/c1-12-9-13(2)14(3)20(11-12)17-10-15(18(4,5)6)7-8-16(17)19/h12-17H,7-11,19H2,1-6H3. The fourth-order valence-corrected chi connectivity index (χ4v) is 4.53. The first-order chi connectivity index (χ1) is 9.20. The molecule has 0 aromatic rings. The van der Waals surface area contributed by atoms with Crippen LogP contribution in [0.4, 0.5) is 0 Å². The summed E-state index contributed by atoms with van der Waals surface area (Å²) >= 11 is 0. The molecule has 2 fully saturated rings. The van der Waals surface area contributed by atoms with Crippen molar-refractivity contribution in [3.8, 4) is 0 Å². The maximum absolute atomic E-state index is 6.53. The van der Waals surface area contributed by atoms with Crippen molar-refractivity contribution in [1.82, 2.24) is 4.90 Å². The zero-order valence-corrected chi connectivity index (χ0v) is 14.5. The van der Waals surface area contributed by atoms with Crippen LogP contribution < -0.4 is 5.73 Å². The molecule has 0 bridgehead atoms.